The molecule has 3 rings (SSSR count). The molecule has 11 heteroatoms. The zero-order valence-electron chi connectivity index (χ0n) is 17.3. The smallest absolute Gasteiger partial charge is 0.338 e. The fourth-order valence-electron chi connectivity index (χ4n) is 3.11. The fraction of sp³-hybridized carbons (Fsp3) is 0.333. The summed E-state index contributed by atoms with van der Waals surface area (Å²) >= 11 is 12.6. The van der Waals surface area contributed by atoms with Crippen LogP contribution in [-0.2, 0) is 9.53 Å². The highest BCUT2D eigenvalue weighted by atomic mass is 35.5. The Kier molecular flexibility index (Phi) is 6.52. The van der Waals surface area contributed by atoms with Gasteiger partial charge in [-0.25, -0.2) is 4.79 Å². The van der Waals surface area contributed by atoms with Crippen molar-refractivity contribution in [3.63, 3.8) is 0 Å². The number of aliphatic carboxylic acids is 1. The van der Waals surface area contributed by atoms with E-state index in [-0.39, 0.29) is 45.9 Å². The Morgan fingerprint density at radius 1 is 1.25 bits per heavy atom. The van der Waals surface area contributed by atoms with Gasteiger partial charge in [0.15, 0.2) is 5.75 Å². The normalized spacial score (nSPS) is 15.3. The number of carbonyl (C=O) groups excluding carboxylic acids is 1. The zero-order chi connectivity index (χ0) is 23.8. The number of hydrogen-bond acceptors (Lipinski definition) is 7. The third kappa shape index (κ3) is 4.89. The van der Waals surface area contributed by atoms with Gasteiger partial charge in [0.25, 0.3) is 0 Å². The molecule has 0 fully saturated rings. The number of carbonyl (C=O) groups is 2. The number of carboxylic acids is 1. The third-order valence-corrected chi connectivity index (χ3v) is 5.11. The van der Waals surface area contributed by atoms with Crippen LogP contribution < -0.4 is 9.47 Å². The Bertz CT molecular complexity index is 1110. The highest BCUT2D eigenvalue weighted by molar-refractivity contribution is 6.38. The summed E-state index contributed by atoms with van der Waals surface area (Å²) < 4.78 is 16.4. The van der Waals surface area contributed by atoms with Crippen molar-refractivity contribution < 1.29 is 33.8 Å². The van der Waals surface area contributed by atoms with Crippen molar-refractivity contribution >= 4 is 40.8 Å². The van der Waals surface area contributed by atoms with Gasteiger partial charge in [-0.15, -0.1) is 0 Å². The van der Waals surface area contributed by atoms with E-state index in [2.05, 4.69) is 0 Å². The second kappa shape index (κ2) is 8.84. The molecule has 9 nitrogen and oxygen atoms in total. The maximum atomic E-state index is 12.3. The largest absolute Gasteiger partial charge is 0.492 e. The molecule has 1 heterocycles. The number of nitro groups is 1. The molecule has 0 bridgehead atoms. The summed E-state index contributed by atoms with van der Waals surface area (Å²) in [5.41, 5.74) is -1.03. The lowest BCUT2D eigenvalue weighted by Gasteiger charge is -2.25. The SMILES string of the molecule is CC(C)(C)OC(=O)c1ccc(Oc2c(Cl)cc3c(c2Cl)OCCC3C(=O)O)c([N+](=O)[O-])c1. The zero-order valence-corrected chi connectivity index (χ0v) is 18.8. The maximum absolute atomic E-state index is 12.3. The minimum absolute atomic E-state index is 0.0331. The van der Waals surface area contributed by atoms with Crippen molar-refractivity contribution in [2.75, 3.05) is 6.61 Å². The third-order valence-electron chi connectivity index (χ3n) is 4.49. The highest BCUT2D eigenvalue weighted by Crippen LogP contribution is 2.49. The van der Waals surface area contributed by atoms with Crippen LogP contribution >= 0.6 is 23.2 Å². The first-order valence-corrected chi connectivity index (χ1v) is 10.2. The lowest BCUT2D eigenvalue weighted by molar-refractivity contribution is -0.385. The summed E-state index contributed by atoms with van der Waals surface area (Å²) in [5.74, 6) is -2.90. The summed E-state index contributed by atoms with van der Waals surface area (Å²) in [7, 11) is 0. The van der Waals surface area contributed by atoms with E-state index in [4.69, 9.17) is 37.4 Å². The quantitative estimate of drug-likeness (QED) is 0.330. The topological polar surface area (TPSA) is 125 Å². The molecule has 0 radical (unpaired) electrons. The van der Waals surface area contributed by atoms with Gasteiger partial charge < -0.3 is 19.3 Å². The molecule has 0 aliphatic carbocycles. The van der Waals surface area contributed by atoms with Gasteiger partial charge >= 0.3 is 17.6 Å². The standard InChI is InChI=1S/C21H19Cl2NO8/c1-21(2,3)32-20(27)10-4-5-15(14(8-10)24(28)29)31-18-13(22)9-12-11(19(25)26)6-7-30-17(12)16(18)23/h4-5,8-9,11H,6-7H2,1-3H3,(H,25,26). The number of rotatable bonds is 5. The van der Waals surface area contributed by atoms with Gasteiger partial charge in [0.1, 0.15) is 16.4 Å². The molecule has 170 valence electrons. The van der Waals surface area contributed by atoms with Crippen LogP contribution in [0.15, 0.2) is 24.3 Å². The molecular weight excluding hydrogens is 465 g/mol. The Morgan fingerprint density at radius 3 is 2.53 bits per heavy atom. The predicted octanol–water partition coefficient (Wildman–Crippen LogP) is 5.60. The average Bonchev–Trinajstić information content (AvgIpc) is 2.69. The summed E-state index contributed by atoms with van der Waals surface area (Å²) in [4.78, 5) is 34.7. The molecule has 1 N–H and O–H groups in total. The number of nitro benzene ring substituents is 1. The molecule has 1 aliphatic heterocycles. The van der Waals surface area contributed by atoms with Crippen LogP contribution in [0.4, 0.5) is 5.69 Å². The molecule has 2 aromatic rings. The number of esters is 1. The predicted molar refractivity (Wildman–Crippen MR) is 115 cm³/mol. The number of fused-ring (bicyclic) bond motifs is 1. The number of ether oxygens (including phenoxy) is 3. The lowest BCUT2D eigenvalue weighted by atomic mass is 9.93. The first-order chi connectivity index (χ1) is 14.9. The van der Waals surface area contributed by atoms with Crippen molar-refractivity contribution in [3.05, 3.63) is 55.6 Å². The Hall–Kier alpha value is -3.04. The number of benzene rings is 2. The van der Waals surface area contributed by atoms with Crippen LogP contribution in [0.25, 0.3) is 0 Å². The van der Waals surface area contributed by atoms with Crippen LogP contribution in [0, 0.1) is 10.1 Å². The Labute approximate surface area is 192 Å². The van der Waals surface area contributed by atoms with Gasteiger partial charge in [-0.05, 0) is 45.4 Å². The Morgan fingerprint density at radius 2 is 1.94 bits per heavy atom. The molecule has 2 aromatic carbocycles. The number of nitrogens with zero attached hydrogens (tertiary/aromatic N) is 1. The number of carboxylic acid groups (broad SMARTS) is 1. The number of hydrogen-bond donors (Lipinski definition) is 1. The maximum Gasteiger partial charge on any atom is 0.338 e. The van der Waals surface area contributed by atoms with Gasteiger partial charge in [0.2, 0.25) is 5.75 Å². The van der Waals surface area contributed by atoms with Crippen LogP contribution in [-0.4, -0.2) is 34.2 Å². The van der Waals surface area contributed by atoms with Crippen LogP contribution in [0.3, 0.4) is 0 Å². The molecule has 0 spiro atoms. The molecule has 0 amide bonds. The summed E-state index contributed by atoms with van der Waals surface area (Å²) in [6.45, 7) is 5.14. The summed E-state index contributed by atoms with van der Waals surface area (Å²) in [5, 5.41) is 20.9. The molecule has 32 heavy (non-hydrogen) atoms. The monoisotopic (exact) mass is 483 g/mol. The fourth-order valence-corrected chi connectivity index (χ4v) is 3.72. The van der Waals surface area contributed by atoms with E-state index < -0.39 is 34.1 Å². The minimum Gasteiger partial charge on any atom is -0.492 e. The second-order valence-corrected chi connectivity index (χ2v) is 8.78. The van der Waals surface area contributed by atoms with Crippen molar-refractivity contribution in [2.24, 2.45) is 0 Å². The van der Waals surface area contributed by atoms with Gasteiger partial charge in [-0.3, -0.25) is 14.9 Å². The van der Waals surface area contributed by atoms with Crippen molar-refractivity contribution in [2.45, 2.75) is 38.7 Å². The molecular formula is C21H19Cl2NO8. The van der Waals surface area contributed by atoms with E-state index in [1.807, 2.05) is 0 Å². The number of halogens is 2. The first kappa shape index (κ1) is 23.6. The van der Waals surface area contributed by atoms with Gasteiger partial charge in [-0.1, -0.05) is 23.2 Å². The van der Waals surface area contributed by atoms with E-state index in [1.165, 1.54) is 18.2 Å². The first-order valence-electron chi connectivity index (χ1n) is 9.46. The summed E-state index contributed by atoms with van der Waals surface area (Å²) in [6.07, 6.45) is 0.243. The van der Waals surface area contributed by atoms with E-state index in [9.17, 15) is 24.8 Å². The van der Waals surface area contributed by atoms with Gasteiger partial charge in [0.05, 0.1) is 28.0 Å². The molecule has 1 unspecified atom stereocenters. The van der Waals surface area contributed by atoms with Crippen LogP contribution in [0.2, 0.25) is 10.0 Å². The molecule has 0 saturated heterocycles. The average molecular weight is 484 g/mol. The lowest BCUT2D eigenvalue weighted by Crippen LogP contribution is -2.23. The van der Waals surface area contributed by atoms with E-state index in [0.29, 0.717) is 5.56 Å². The van der Waals surface area contributed by atoms with E-state index in [1.54, 1.807) is 20.8 Å². The second-order valence-electron chi connectivity index (χ2n) is 7.99. The van der Waals surface area contributed by atoms with Crippen molar-refractivity contribution in [1.29, 1.82) is 0 Å². The summed E-state index contributed by atoms with van der Waals surface area (Å²) in [6, 6.07) is 4.93. The molecule has 1 atom stereocenters. The molecule has 0 saturated carbocycles. The molecule has 0 aromatic heterocycles. The minimum atomic E-state index is -1.05. The van der Waals surface area contributed by atoms with Crippen LogP contribution in [0.5, 0.6) is 17.2 Å². The highest BCUT2D eigenvalue weighted by Gasteiger charge is 2.33. The van der Waals surface area contributed by atoms with Crippen molar-refractivity contribution in [1.82, 2.24) is 0 Å². The Balaban J connectivity index is 2.01. The van der Waals surface area contributed by atoms with E-state index in [0.717, 1.165) is 6.07 Å². The van der Waals surface area contributed by atoms with E-state index >= 15 is 0 Å². The van der Waals surface area contributed by atoms with Crippen LogP contribution in [0.1, 0.15) is 49.0 Å². The molecule has 1 aliphatic rings. The van der Waals surface area contributed by atoms with Gasteiger partial charge in [-0.2, -0.15) is 0 Å². The van der Waals surface area contributed by atoms with Gasteiger partial charge in [0, 0.05) is 11.6 Å². The van der Waals surface area contributed by atoms with Crippen molar-refractivity contribution in [3.8, 4) is 17.2 Å².